The highest BCUT2D eigenvalue weighted by molar-refractivity contribution is 5.92. The second-order valence-electron chi connectivity index (χ2n) is 5.14. The van der Waals surface area contributed by atoms with Crippen LogP contribution in [0.3, 0.4) is 0 Å². The Balaban J connectivity index is 1.78. The fourth-order valence-corrected chi connectivity index (χ4v) is 2.95. The van der Waals surface area contributed by atoms with Crippen LogP contribution in [0.2, 0.25) is 0 Å². The van der Waals surface area contributed by atoms with Gasteiger partial charge in [-0.1, -0.05) is 12.8 Å². The van der Waals surface area contributed by atoms with Crippen molar-refractivity contribution in [1.29, 1.82) is 0 Å². The summed E-state index contributed by atoms with van der Waals surface area (Å²) in [6.07, 6.45) is 6.58. The lowest BCUT2D eigenvalue weighted by molar-refractivity contribution is 0.0720. The van der Waals surface area contributed by atoms with Crippen LogP contribution < -0.4 is 5.32 Å². The van der Waals surface area contributed by atoms with Crippen molar-refractivity contribution in [3.8, 4) is 0 Å². The van der Waals surface area contributed by atoms with Gasteiger partial charge in [0.2, 0.25) is 0 Å². The molecule has 0 radical (unpaired) electrons. The highest BCUT2D eigenvalue weighted by atomic mass is 16.2. The number of hydrogen-bond donors (Lipinski definition) is 1. The van der Waals surface area contributed by atoms with Crippen molar-refractivity contribution in [3.63, 3.8) is 0 Å². The monoisotopic (exact) mass is 248 g/mol. The minimum absolute atomic E-state index is 0.140. The van der Waals surface area contributed by atoms with Gasteiger partial charge in [-0.3, -0.25) is 9.48 Å². The number of piperazine rings is 1. The first kappa shape index (κ1) is 11.7. The molecule has 0 aromatic carbocycles. The molecule has 1 saturated heterocycles. The summed E-state index contributed by atoms with van der Waals surface area (Å²) in [5.41, 5.74) is 0.767. The van der Waals surface area contributed by atoms with Crippen molar-refractivity contribution in [1.82, 2.24) is 20.0 Å². The van der Waals surface area contributed by atoms with Gasteiger partial charge in [-0.15, -0.1) is 0 Å². The largest absolute Gasteiger partial charge is 0.335 e. The van der Waals surface area contributed by atoms with Gasteiger partial charge in [-0.05, 0) is 18.9 Å². The molecule has 98 valence electrons. The van der Waals surface area contributed by atoms with E-state index in [1.54, 1.807) is 6.20 Å². The van der Waals surface area contributed by atoms with E-state index in [0.717, 1.165) is 44.7 Å². The number of carbonyl (C=O) groups excluding carboxylic acids is 1. The number of nitrogens with zero attached hydrogens (tertiary/aromatic N) is 3. The molecule has 5 nitrogen and oxygen atoms in total. The van der Waals surface area contributed by atoms with Gasteiger partial charge in [-0.2, -0.15) is 5.10 Å². The first-order valence-corrected chi connectivity index (χ1v) is 6.90. The van der Waals surface area contributed by atoms with Crippen molar-refractivity contribution in [2.45, 2.75) is 31.7 Å². The summed E-state index contributed by atoms with van der Waals surface area (Å²) in [4.78, 5) is 14.4. The van der Waals surface area contributed by atoms with E-state index < -0.39 is 0 Å². The van der Waals surface area contributed by atoms with Gasteiger partial charge in [0.1, 0.15) is 5.69 Å². The zero-order valence-corrected chi connectivity index (χ0v) is 10.6. The molecule has 2 heterocycles. The third kappa shape index (κ3) is 2.14. The molecule has 0 bridgehead atoms. The summed E-state index contributed by atoms with van der Waals surface area (Å²) < 4.78 is 1.96. The Kier molecular flexibility index (Phi) is 3.32. The molecular weight excluding hydrogens is 228 g/mol. The van der Waals surface area contributed by atoms with Crippen LogP contribution in [0, 0.1) is 0 Å². The summed E-state index contributed by atoms with van der Waals surface area (Å²) in [6, 6.07) is 2.30. The maximum atomic E-state index is 12.5. The molecule has 0 spiro atoms. The zero-order chi connectivity index (χ0) is 12.4. The van der Waals surface area contributed by atoms with Crippen molar-refractivity contribution in [2.24, 2.45) is 0 Å². The second kappa shape index (κ2) is 5.10. The quantitative estimate of drug-likeness (QED) is 0.851. The number of rotatable bonds is 2. The average molecular weight is 248 g/mol. The van der Waals surface area contributed by atoms with E-state index in [1.165, 1.54) is 12.8 Å². The summed E-state index contributed by atoms with van der Waals surface area (Å²) in [6.45, 7) is 3.38. The van der Waals surface area contributed by atoms with E-state index >= 15 is 0 Å². The number of amides is 1. The molecule has 0 unspecified atom stereocenters. The van der Waals surface area contributed by atoms with Crippen LogP contribution in [-0.4, -0.2) is 46.8 Å². The van der Waals surface area contributed by atoms with E-state index in [-0.39, 0.29) is 5.91 Å². The Morgan fingerprint density at radius 2 is 2.00 bits per heavy atom. The smallest absolute Gasteiger partial charge is 0.272 e. The van der Waals surface area contributed by atoms with Crippen LogP contribution >= 0.6 is 0 Å². The van der Waals surface area contributed by atoms with Crippen molar-refractivity contribution in [3.05, 3.63) is 18.0 Å². The van der Waals surface area contributed by atoms with Crippen LogP contribution in [0.25, 0.3) is 0 Å². The van der Waals surface area contributed by atoms with Gasteiger partial charge >= 0.3 is 0 Å². The molecule has 3 rings (SSSR count). The van der Waals surface area contributed by atoms with Crippen LogP contribution in [0.4, 0.5) is 0 Å². The Labute approximate surface area is 107 Å². The molecule has 0 atom stereocenters. The Hall–Kier alpha value is -1.36. The Morgan fingerprint density at radius 1 is 1.28 bits per heavy atom. The van der Waals surface area contributed by atoms with Gasteiger partial charge in [0.25, 0.3) is 5.91 Å². The van der Waals surface area contributed by atoms with Gasteiger partial charge < -0.3 is 10.2 Å². The summed E-state index contributed by atoms with van der Waals surface area (Å²) in [7, 11) is 0. The van der Waals surface area contributed by atoms with Crippen LogP contribution in [0.5, 0.6) is 0 Å². The molecule has 5 heteroatoms. The molecule has 18 heavy (non-hydrogen) atoms. The molecule has 1 N–H and O–H groups in total. The average Bonchev–Trinajstić information content (AvgIpc) is 3.09. The maximum absolute atomic E-state index is 12.5. The van der Waals surface area contributed by atoms with Crippen molar-refractivity contribution in [2.75, 3.05) is 26.2 Å². The van der Waals surface area contributed by atoms with E-state index in [0.29, 0.717) is 6.04 Å². The minimum atomic E-state index is 0.140. The first-order valence-electron chi connectivity index (χ1n) is 6.90. The van der Waals surface area contributed by atoms with E-state index in [9.17, 15) is 4.79 Å². The zero-order valence-electron chi connectivity index (χ0n) is 10.6. The lowest BCUT2D eigenvalue weighted by Crippen LogP contribution is -2.47. The molecule has 2 aliphatic rings. The SMILES string of the molecule is O=C(c1ccnn1C1CCCC1)N1CCNCC1. The molecule has 2 fully saturated rings. The fourth-order valence-electron chi connectivity index (χ4n) is 2.95. The number of aromatic nitrogens is 2. The Morgan fingerprint density at radius 3 is 2.72 bits per heavy atom. The van der Waals surface area contributed by atoms with Crippen LogP contribution in [0.1, 0.15) is 42.2 Å². The van der Waals surface area contributed by atoms with Gasteiger partial charge in [0, 0.05) is 32.4 Å². The topological polar surface area (TPSA) is 50.2 Å². The number of hydrogen-bond acceptors (Lipinski definition) is 3. The molecule has 1 aliphatic carbocycles. The van der Waals surface area contributed by atoms with E-state index in [2.05, 4.69) is 10.4 Å². The predicted octanol–water partition coefficient (Wildman–Crippen LogP) is 1.04. The highest BCUT2D eigenvalue weighted by Gasteiger charge is 2.25. The van der Waals surface area contributed by atoms with Crippen LogP contribution in [0.15, 0.2) is 12.3 Å². The number of nitrogens with one attached hydrogen (secondary N) is 1. The lowest BCUT2D eigenvalue weighted by Gasteiger charge is -2.28. The van der Waals surface area contributed by atoms with E-state index in [4.69, 9.17) is 0 Å². The third-order valence-corrected chi connectivity index (χ3v) is 3.96. The summed E-state index contributed by atoms with van der Waals surface area (Å²) >= 11 is 0. The van der Waals surface area contributed by atoms with Gasteiger partial charge in [0.15, 0.2) is 0 Å². The predicted molar refractivity (Wildman–Crippen MR) is 68.5 cm³/mol. The first-order chi connectivity index (χ1) is 8.86. The van der Waals surface area contributed by atoms with Gasteiger partial charge in [-0.25, -0.2) is 0 Å². The molecule has 1 aromatic rings. The third-order valence-electron chi connectivity index (χ3n) is 3.96. The van der Waals surface area contributed by atoms with Crippen molar-refractivity contribution >= 4 is 5.91 Å². The second-order valence-corrected chi connectivity index (χ2v) is 5.14. The Bertz CT molecular complexity index is 416. The lowest BCUT2D eigenvalue weighted by atomic mass is 10.2. The molecule has 1 saturated carbocycles. The normalized spacial score (nSPS) is 21.4. The maximum Gasteiger partial charge on any atom is 0.272 e. The standard InChI is InChI=1S/C13H20N4O/c18-13(16-9-7-14-8-10-16)12-5-6-15-17(12)11-3-1-2-4-11/h5-6,11,14H,1-4,7-10H2. The number of carbonyl (C=O) groups is 1. The molecular formula is C13H20N4O. The summed E-state index contributed by atoms with van der Waals surface area (Å²) in [5.74, 6) is 0.140. The minimum Gasteiger partial charge on any atom is -0.335 e. The molecule has 1 aliphatic heterocycles. The van der Waals surface area contributed by atoms with Crippen LogP contribution in [-0.2, 0) is 0 Å². The summed E-state index contributed by atoms with van der Waals surface area (Å²) in [5, 5.41) is 7.64. The molecule has 1 amide bonds. The fraction of sp³-hybridized carbons (Fsp3) is 0.692. The highest BCUT2D eigenvalue weighted by Crippen LogP contribution is 2.30. The van der Waals surface area contributed by atoms with Gasteiger partial charge in [0.05, 0.1) is 6.04 Å². The van der Waals surface area contributed by atoms with Crippen molar-refractivity contribution < 1.29 is 4.79 Å². The molecule has 1 aromatic heterocycles. The van der Waals surface area contributed by atoms with E-state index in [1.807, 2.05) is 15.6 Å².